The smallest absolute Gasteiger partial charge is 0.303 e. The highest BCUT2D eigenvalue weighted by molar-refractivity contribution is 5.99. The molecule has 3 N–H and O–H groups in total. The van der Waals surface area contributed by atoms with Crippen LogP contribution in [0.25, 0.3) is 0 Å². The summed E-state index contributed by atoms with van der Waals surface area (Å²) in [6.07, 6.45) is 0.873. The molecule has 11 heteroatoms. The van der Waals surface area contributed by atoms with Crippen LogP contribution in [0.2, 0.25) is 0 Å². The Labute approximate surface area is 190 Å². The number of fused-ring (bicyclic) bond motifs is 1. The van der Waals surface area contributed by atoms with Crippen LogP contribution in [0.1, 0.15) is 48.9 Å². The van der Waals surface area contributed by atoms with Crippen molar-refractivity contribution in [2.75, 3.05) is 6.54 Å². The summed E-state index contributed by atoms with van der Waals surface area (Å²) in [6.45, 7) is 0.254. The quantitative estimate of drug-likeness (QED) is 0.458. The van der Waals surface area contributed by atoms with Gasteiger partial charge in [-0.1, -0.05) is 18.2 Å². The monoisotopic (exact) mass is 458 g/mol. The molecule has 0 unspecified atom stereocenters. The first-order chi connectivity index (χ1) is 15.8. The Balaban J connectivity index is 1.78. The highest BCUT2D eigenvalue weighted by Crippen LogP contribution is 2.25. The molecule has 2 aliphatic heterocycles. The summed E-state index contributed by atoms with van der Waals surface area (Å²) < 4.78 is 0. The first-order valence-corrected chi connectivity index (χ1v) is 10.8. The fraction of sp³-hybridized carbons (Fsp3) is 0.455. The van der Waals surface area contributed by atoms with Crippen LogP contribution in [0.15, 0.2) is 30.3 Å². The van der Waals surface area contributed by atoms with E-state index >= 15 is 0 Å². The number of hydrogen-bond donors (Lipinski definition) is 3. The third-order valence-electron chi connectivity index (χ3n) is 5.67. The predicted molar refractivity (Wildman–Crippen MR) is 113 cm³/mol. The molecule has 0 radical (unpaired) electrons. The van der Waals surface area contributed by atoms with Crippen LogP contribution < -0.4 is 10.6 Å². The number of benzene rings is 1. The first-order valence-electron chi connectivity index (χ1n) is 10.8. The number of carboxylic acids is 1. The van der Waals surface area contributed by atoms with E-state index in [4.69, 9.17) is 5.11 Å². The van der Waals surface area contributed by atoms with E-state index in [9.17, 15) is 28.8 Å². The van der Waals surface area contributed by atoms with Gasteiger partial charge in [-0.25, -0.2) is 5.01 Å². The lowest BCUT2D eigenvalue weighted by Gasteiger charge is -2.43. The van der Waals surface area contributed by atoms with Gasteiger partial charge in [0.1, 0.15) is 18.4 Å². The maximum absolute atomic E-state index is 13.4. The molecule has 2 aliphatic rings. The average Bonchev–Trinajstić information content (AvgIpc) is 2.94. The van der Waals surface area contributed by atoms with Crippen LogP contribution in [0.3, 0.4) is 0 Å². The van der Waals surface area contributed by atoms with Gasteiger partial charge in [0.15, 0.2) is 0 Å². The summed E-state index contributed by atoms with van der Waals surface area (Å²) >= 11 is 0. The molecule has 1 aromatic carbocycles. The normalized spacial score (nSPS) is 21.5. The number of carbonyl (C=O) groups is 6. The molecular weight excluding hydrogens is 432 g/mol. The number of carbonyl (C=O) groups excluding carboxylic acids is 5. The van der Waals surface area contributed by atoms with Crippen molar-refractivity contribution in [3.05, 3.63) is 35.9 Å². The summed E-state index contributed by atoms with van der Waals surface area (Å²) in [5, 5.41) is 16.3. The number of aldehydes is 1. The zero-order chi connectivity index (χ0) is 24.0. The molecule has 11 nitrogen and oxygen atoms in total. The molecule has 1 aromatic rings. The van der Waals surface area contributed by atoms with Crippen molar-refractivity contribution < 1.29 is 33.9 Å². The molecule has 0 bridgehead atoms. The molecule has 2 heterocycles. The minimum absolute atomic E-state index is 0.0197. The van der Waals surface area contributed by atoms with Crippen molar-refractivity contribution in [1.29, 1.82) is 0 Å². The Bertz CT molecular complexity index is 936. The maximum atomic E-state index is 13.4. The van der Waals surface area contributed by atoms with Gasteiger partial charge in [0.2, 0.25) is 11.8 Å². The van der Waals surface area contributed by atoms with Gasteiger partial charge in [-0.05, 0) is 37.8 Å². The molecule has 3 rings (SSSR count). The molecule has 2 saturated heterocycles. The molecule has 0 spiro atoms. The van der Waals surface area contributed by atoms with Crippen molar-refractivity contribution >= 4 is 35.9 Å². The van der Waals surface area contributed by atoms with Crippen LogP contribution >= 0.6 is 0 Å². The molecule has 2 fully saturated rings. The summed E-state index contributed by atoms with van der Waals surface area (Å²) in [6, 6.07) is 5.23. The molecule has 3 atom stereocenters. The molecule has 4 amide bonds. The van der Waals surface area contributed by atoms with E-state index in [0.29, 0.717) is 18.3 Å². The van der Waals surface area contributed by atoms with Gasteiger partial charge >= 0.3 is 5.97 Å². The molecule has 0 aliphatic carbocycles. The van der Waals surface area contributed by atoms with E-state index in [0.717, 1.165) is 5.01 Å². The molecule has 0 aromatic heterocycles. The minimum atomic E-state index is -1.11. The topological polar surface area (TPSA) is 153 Å². The van der Waals surface area contributed by atoms with Crippen molar-refractivity contribution in [2.45, 2.75) is 56.7 Å². The van der Waals surface area contributed by atoms with Crippen LogP contribution in [-0.2, 0) is 24.0 Å². The van der Waals surface area contributed by atoms with Crippen molar-refractivity contribution in [3.8, 4) is 0 Å². The van der Waals surface area contributed by atoms with Gasteiger partial charge in [-0.2, -0.15) is 0 Å². The summed E-state index contributed by atoms with van der Waals surface area (Å²) in [7, 11) is 0. The van der Waals surface area contributed by atoms with Gasteiger partial charge < -0.3 is 20.5 Å². The van der Waals surface area contributed by atoms with E-state index in [-0.39, 0.29) is 44.6 Å². The summed E-state index contributed by atoms with van der Waals surface area (Å²) in [4.78, 5) is 73.7. The average molecular weight is 458 g/mol. The van der Waals surface area contributed by atoms with E-state index in [1.165, 1.54) is 5.01 Å². The highest BCUT2D eigenvalue weighted by Gasteiger charge is 2.44. The number of nitrogens with zero attached hydrogens (tertiary/aromatic N) is 2. The molecular formula is C22H26N4O7. The fourth-order valence-corrected chi connectivity index (χ4v) is 3.97. The van der Waals surface area contributed by atoms with E-state index < -0.39 is 41.8 Å². The number of nitrogens with one attached hydrogen (secondary N) is 2. The second-order valence-electron chi connectivity index (χ2n) is 7.97. The minimum Gasteiger partial charge on any atom is -0.481 e. The van der Waals surface area contributed by atoms with Gasteiger partial charge in [0.25, 0.3) is 11.8 Å². The molecule has 33 heavy (non-hydrogen) atoms. The Morgan fingerprint density at radius 2 is 1.88 bits per heavy atom. The Morgan fingerprint density at radius 3 is 2.55 bits per heavy atom. The predicted octanol–water partition coefficient (Wildman–Crippen LogP) is -0.138. The molecule has 176 valence electrons. The van der Waals surface area contributed by atoms with Crippen LogP contribution in [0.5, 0.6) is 0 Å². The standard InChI is InChI=1S/C22H26N4O7/c27-13-15(8-11-19(29)30)23-21(32)17-7-4-12-25-18(28)10-9-16(22(33)26(17)25)24-20(31)14-5-2-1-3-6-14/h1-3,5-6,13,15-17H,4,7-12H2,(H,23,32)(H,24,31)(H,29,30)/t15-,16+,17+/m1/s1. The summed E-state index contributed by atoms with van der Waals surface area (Å²) in [5.74, 6) is -3.15. The van der Waals surface area contributed by atoms with E-state index in [1.807, 2.05) is 0 Å². The zero-order valence-electron chi connectivity index (χ0n) is 17.9. The lowest BCUT2D eigenvalue weighted by Crippen LogP contribution is -2.64. The Morgan fingerprint density at radius 1 is 1.15 bits per heavy atom. The zero-order valence-corrected chi connectivity index (χ0v) is 17.9. The van der Waals surface area contributed by atoms with Crippen LogP contribution in [0, 0.1) is 0 Å². The Hall–Kier alpha value is -3.76. The van der Waals surface area contributed by atoms with Gasteiger partial charge in [-0.15, -0.1) is 0 Å². The third-order valence-corrected chi connectivity index (χ3v) is 5.67. The lowest BCUT2D eigenvalue weighted by molar-refractivity contribution is -0.176. The number of amides is 4. The molecule has 0 saturated carbocycles. The van der Waals surface area contributed by atoms with Crippen molar-refractivity contribution in [3.63, 3.8) is 0 Å². The fourth-order valence-electron chi connectivity index (χ4n) is 3.97. The van der Waals surface area contributed by atoms with Crippen molar-refractivity contribution in [2.24, 2.45) is 0 Å². The number of hydrazine groups is 1. The van der Waals surface area contributed by atoms with Gasteiger partial charge in [0, 0.05) is 24.9 Å². The number of rotatable bonds is 8. The van der Waals surface area contributed by atoms with E-state index in [1.54, 1.807) is 30.3 Å². The summed E-state index contributed by atoms with van der Waals surface area (Å²) in [5.41, 5.74) is 0.359. The van der Waals surface area contributed by atoms with Crippen LogP contribution in [0.4, 0.5) is 0 Å². The second-order valence-corrected chi connectivity index (χ2v) is 7.97. The van der Waals surface area contributed by atoms with Crippen molar-refractivity contribution in [1.82, 2.24) is 20.7 Å². The van der Waals surface area contributed by atoms with Crippen LogP contribution in [-0.4, -0.2) is 75.7 Å². The maximum Gasteiger partial charge on any atom is 0.303 e. The van der Waals surface area contributed by atoms with Gasteiger partial charge in [-0.3, -0.25) is 29.0 Å². The first kappa shape index (κ1) is 23.9. The highest BCUT2D eigenvalue weighted by atomic mass is 16.4. The second kappa shape index (κ2) is 10.7. The lowest BCUT2D eigenvalue weighted by atomic mass is 10.0. The number of aliphatic carboxylic acids is 1. The number of carboxylic acid groups (broad SMARTS) is 1. The Kier molecular flexibility index (Phi) is 7.75. The SMILES string of the molecule is O=C[C@@H](CCC(=O)O)NC(=O)[C@@H]1CCCN2C(=O)CC[C@H](NC(=O)c3ccccc3)C(=O)N12. The largest absolute Gasteiger partial charge is 0.481 e. The number of hydrogen-bond acceptors (Lipinski definition) is 6. The van der Waals surface area contributed by atoms with E-state index in [2.05, 4.69) is 10.6 Å². The third kappa shape index (κ3) is 5.73. The van der Waals surface area contributed by atoms with Gasteiger partial charge in [0.05, 0.1) is 6.04 Å².